The number of rotatable bonds is 6. The first kappa shape index (κ1) is 21.5. The smallest absolute Gasteiger partial charge is 0.128 e. The molecule has 3 aromatic rings. The standard InChI is InChI=1S/C29H27ClN2O/c1-3-15-33-28-14-10-22(30)17-21(28)18-31-23-11-8-20(9-12-23)29-25-6-4-5-24(25)26-16-19(2)7-13-27(26)32-29/h3-5,7-14,16-18,24-25,29,32H,1,6,15H2,2H3/t24-,25+,29-/m0/s1. The van der Waals surface area contributed by atoms with Crippen LogP contribution in [0.5, 0.6) is 5.75 Å². The summed E-state index contributed by atoms with van der Waals surface area (Å²) in [4.78, 5) is 4.66. The topological polar surface area (TPSA) is 33.6 Å². The second kappa shape index (κ2) is 9.29. The van der Waals surface area contributed by atoms with E-state index in [2.05, 4.69) is 78.4 Å². The summed E-state index contributed by atoms with van der Waals surface area (Å²) in [5, 5.41) is 4.45. The van der Waals surface area contributed by atoms with Crippen molar-refractivity contribution in [3.8, 4) is 5.75 Å². The summed E-state index contributed by atoms with van der Waals surface area (Å²) in [5.74, 6) is 1.74. The third kappa shape index (κ3) is 4.46. The zero-order valence-corrected chi connectivity index (χ0v) is 19.4. The lowest BCUT2D eigenvalue weighted by Gasteiger charge is -2.37. The highest BCUT2D eigenvalue weighted by Crippen LogP contribution is 2.50. The molecule has 33 heavy (non-hydrogen) atoms. The molecule has 0 unspecified atom stereocenters. The van der Waals surface area contributed by atoms with E-state index >= 15 is 0 Å². The number of ether oxygens (including phenoxy) is 1. The van der Waals surface area contributed by atoms with E-state index in [1.807, 2.05) is 18.2 Å². The van der Waals surface area contributed by atoms with Crippen molar-refractivity contribution in [3.05, 3.63) is 113 Å². The van der Waals surface area contributed by atoms with Crippen molar-refractivity contribution in [2.45, 2.75) is 25.3 Å². The number of halogens is 1. The molecule has 5 rings (SSSR count). The molecule has 0 amide bonds. The Balaban J connectivity index is 1.37. The van der Waals surface area contributed by atoms with Crippen LogP contribution in [0.15, 0.2) is 90.5 Å². The zero-order valence-electron chi connectivity index (χ0n) is 18.7. The summed E-state index contributed by atoms with van der Waals surface area (Å²) < 4.78 is 5.72. The summed E-state index contributed by atoms with van der Waals surface area (Å²) in [6.07, 6.45) is 9.33. The molecular formula is C29H27ClN2O. The molecule has 0 radical (unpaired) electrons. The van der Waals surface area contributed by atoms with E-state index in [-0.39, 0.29) is 6.04 Å². The van der Waals surface area contributed by atoms with E-state index in [1.165, 1.54) is 22.4 Å². The number of aryl methyl sites for hydroxylation is 1. The predicted octanol–water partition coefficient (Wildman–Crippen LogP) is 7.79. The molecule has 3 atom stereocenters. The number of benzene rings is 3. The van der Waals surface area contributed by atoms with Crippen molar-refractivity contribution in [1.29, 1.82) is 0 Å². The van der Waals surface area contributed by atoms with Crippen molar-refractivity contribution in [2.75, 3.05) is 11.9 Å². The molecule has 166 valence electrons. The number of aliphatic imine (C=N–C) groups is 1. The van der Waals surface area contributed by atoms with Crippen molar-refractivity contribution in [1.82, 2.24) is 0 Å². The van der Waals surface area contributed by atoms with Crippen molar-refractivity contribution < 1.29 is 4.74 Å². The Labute approximate surface area is 200 Å². The van der Waals surface area contributed by atoms with Crippen LogP contribution < -0.4 is 10.1 Å². The highest BCUT2D eigenvalue weighted by molar-refractivity contribution is 6.30. The van der Waals surface area contributed by atoms with Gasteiger partial charge in [-0.15, -0.1) is 0 Å². The number of allylic oxidation sites excluding steroid dienone is 2. The fourth-order valence-corrected chi connectivity index (χ4v) is 5.04. The van der Waals surface area contributed by atoms with Crippen molar-refractivity contribution in [2.24, 2.45) is 10.9 Å². The Morgan fingerprint density at radius 3 is 2.79 bits per heavy atom. The first-order chi connectivity index (χ1) is 16.1. The lowest BCUT2D eigenvalue weighted by atomic mass is 9.76. The fourth-order valence-electron chi connectivity index (χ4n) is 4.86. The zero-order chi connectivity index (χ0) is 22.8. The minimum absolute atomic E-state index is 0.282. The normalized spacial score (nSPS) is 20.8. The number of hydrogen-bond acceptors (Lipinski definition) is 3. The fraction of sp³-hybridized carbons (Fsp3) is 0.207. The summed E-state index contributed by atoms with van der Waals surface area (Å²) in [6, 6.07) is 21.1. The van der Waals surface area contributed by atoms with Gasteiger partial charge in [0.15, 0.2) is 0 Å². The Bertz CT molecular complexity index is 1230. The van der Waals surface area contributed by atoms with Crippen molar-refractivity contribution in [3.63, 3.8) is 0 Å². The van der Waals surface area contributed by atoms with Crippen LogP contribution in [0.1, 0.15) is 40.6 Å². The maximum Gasteiger partial charge on any atom is 0.128 e. The summed E-state index contributed by atoms with van der Waals surface area (Å²) in [6.45, 7) is 6.31. The van der Waals surface area contributed by atoms with E-state index in [1.54, 1.807) is 12.3 Å². The van der Waals surface area contributed by atoms with E-state index in [0.29, 0.717) is 23.5 Å². The number of nitrogens with one attached hydrogen (secondary N) is 1. The predicted molar refractivity (Wildman–Crippen MR) is 138 cm³/mol. The van der Waals surface area contributed by atoms with Crippen LogP contribution in [0.2, 0.25) is 5.02 Å². The molecule has 0 saturated heterocycles. The molecule has 1 aliphatic heterocycles. The quantitative estimate of drug-likeness (QED) is 0.304. The van der Waals surface area contributed by atoms with Gasteiger partial charge in [0.1, 0.15) is 12.4 Å². The third-order valence-corrected chi connectivity index (χ3v) is 6.69. The first-order valence-electron chi connectivity index (χ1n) is 11.3. The van der Waals surface area contributed by atoms with Gasteiger partial charge in [-0.05, 0) is 66.8 Å². The van der Waals surface area contributed by atoms with Crippen LogP contribution >= 0.6 is 11.6 Å². The lowest BCUT2D eigenvalue weighted by Crippen LogP contribution is -2.29. The van der Waals surface area contributed by atoms with E-state index < -0.39 is 0 Å². The molecule has 1 aliphatic carbocycles. The molecule has 0 bridgehead atoms. The Kier molecular flexibility index (Phi) is 6.06. The van der Waals surface area contributed by atoms with Gasteiger partial charge in [-0.3, -0.25) is 4.99 Å². The van der Waals surface area contributed by atoms with E-state index in [4.69, 9.17) is 16.3 Å². The van der Waals surface area contributed by atoms with Gasteiger partial charge in [-0.1, -0.05) is 66.2 Å². The van der Waals surface area contributed by atoms with Crippen LogP contribution in [0.3, 0.4) is 0 Å². The largest absolute Gasteiger partial charge is 0.489 e. The van der Waals surface area contributed by atoms with Crippen molar-refractivity contribution >= 4 is 29.2 Å². The third-order valence-electron chi connectivity index (χ3n) is 6.45. The number of anilines is 1. The first-order valence-corrected chi connectivity index (χ1v) is 11.7. The Morgan fingerprint density at radius 2 is 1.97 bits per heavy atom. The van der Waals surface area contributed by atoms with Gasteiger partial charge in [0.2, 0.25) is 0 Å². The summed E-state index contributed by atoms with van der Waals surface area (Å²) in [5.41, 5.74) is 7.00. The SMILES string of the molecule is C=CCOc1ccc(Cl)cc1C=Nc1ccc([C@@H]2Nc3ccc(C)cc3[C@H]3C=CC[C@H]32)cc1. The molecule has 0 fully saturated rings. The summed E-state index contributed by atoms with van der Waals surface area (Å²) in [7, 11) is 0. The molecule has 1 N–H and O–H groups in total. The van der Waals surface area contributed by atoms with Crippen LogP contribution in [-0.2, 0) is 0 Å². The van der Waals surface area contributed by atoms with Crippen LogP contribution in [0.25, 0.3) is 0 Å². The molecule has 1 heterocycles. The second-order valence-corrected chi connectivity index (χ2v) is 9.13. The number of hydrogen-bond donors (Lipinski definition) is 1. The van der Waals surface area contributed by atoms with Gasteiger partial charge in [0.05, 0.1) is 11.7 Å². The molecule has 3 nitrogen and oxygen atoms in total. The molecular weight excluding hydrogens is 428 g/mol. The Hall–Kier alpha value is -3.30. The van der Waals surface area contributed by atoms with Gasteiger partial charge < -0.3 is 10.1 Å². The summed E-state index contributed by atoms with van der Waals surface area (Å²) >= 11 is 6.18. The van der Waals surface area contributed by atoms with Crippen LogP contribution in [0.4, 0.5) is 11.4 Å². The van der Waals surface area contributed by atoms with Gasteiger partial charge in [0.25, 0.3) is 0 Å². The van der Waals surface area contributed by atoms with Crippen LogP contribution in [-0.4, -0.2) is 12.8 Å². The molecule has 4 heteroatoms. The molecule has 0 spiro atoms. The Morgan fingerprint density at radius 1 is 1.12 bits per heavy atom. The van der Waals surface area contributed by atoms with Gasteiger partial charge in [-0.2, -0.15) is 0 Å². The minimum atomic E-state index is 0.282. The van der Waals surface area contributed by atoms with Gasteiger partial charge in [0, 0.05) is 28.4 Å². The van der Waals surface area contributed by atoms with Crippen LogP contribution in [0, 0.1) is 12.8 Å². The highest BCUT2D eigenvalue weighted by Gasteiger charge is 2.37. The molecule has 0 saturated carbocycles. The highest BCUT2D eigenvalue weighted by atomic mass is 35.5. The minimum Gasteiger partial charge on any atom is -0.489 e. The van der Waals surface area contributed by atoms with Gasteiger partial charge in [-0.25, -0.2) is 0 Å². The maximum absolute atomic E-state index is 6.18. The molecule has 3 aromatic carbocycles. The van der Waals surface area contributed by atoms with E-state index in [9.17, 15) is 0 Å². The lowest BCUT2D eigenvalue weighted by molar-refractivity contribution is 0.363. The number of fused-ring (bicyclic) bond motifs is 3. The maximum atomic E-state index is 6.18. The number of nitrogens with zero attached hydrogens (tertiary/aromatic N) is 1. The molecule has 2 aliphatic rings. The molecule has 0 aromatic heterocycles. The van der Waals surface area contributed by atoms with Gasteiger partial charge >= 0.3 is 0 Å². The monoisotopic (exact) mass is 454 g/mol. The second-order valence-electron chi connectivity index (χ2n) is 8.70. The van der Waals surface area contributed by atoms with E-state index in [0.717, 1.165) is 23.4 Å². The average molecular weight is 455 g/mol. The average Bonchev–Trinajstić information content (AvgIpc) is 3.32.